The van der Waals surface area contributed by atoms with Crippen molar-refractivity contribution in [2.75, 3.05) is 23.5 Å². The Bertz CT molecular complexity index is 1300. The van der Waals surface area contributed by atoms with Crippen LogP contribution >= 0.6 is 0 Å². The molecule has 0 spiro atoms. The molecule has 35 heavy (non-hydrogen) atoms. The minimum Gasteiger partial charge on any atom is -0.490 e. The first-order valence-corrected chi connectivity index (χ1v) is 11.4. The second-order valence-electron chi connectivity index (χ2n) is 7.99. The zero-order chi connectivity index (χ0) is 24.8. The maximum Gasteiger partial charge on any atom is 0.280 e. The van der Waals surface area contributed by atoms with E-state index in [1.165, 1.54) is 5.01 Å². The van der Waals surface area contributed by atoms with E-state index in [1.54, 1.807) is 25.1 Å². The maximum absolute atomic E-state index is 13.0. The zero-order valence-corrected chi connectivity index (χ0v) is 19.9. The van der Waals surface area contributed by atoms with Crippen LogP contribution < -0.4 is 19.8 Å². The Morgan fingerprint density at radius 1 is 0.971 bits per heavy atom. The largest absolute Gasteiger partial charge is 0.490 e. The van der Waals surface area contributed by atoms with Gasteiger partial charge in [0, 0.05) is 5.69 Å². The van der Waals surface area contributed by atoms with E-state index in [1.807, 2.05) is 74.5 Å². The van der Waals surface area contributed by atoms with Gasteiger partial charge in [-0.1, -0.05) is 42.5 Å². The Kier molecular flexibility index (Phi) is 7.26. The van der Waals surface area contributed by atoms with Gasteiger partial charge in [-0.3, -0.25) is 9.59 Å². The Morgan fingerprint density at radius 2 is 1.71 bits per heavy atom. The summed E-state index contributed by atoms with van der Waals surface area (Å²) in [7, 11) is 0. The van der Waals surface area contributed by atoms with Crippen LogP contribution in [0.2, 0.25) is 0 Å². The third-order valence-electron chi connectivity index (χ3n) is 5.42. The Labute approximate surface area is 204 Å². The molecule has 0 radical (unpaired) electrons. The highest BCUT2D eigenvalue weighted by Crippen LogP contribution is 2.31. The quantitative estimate of drug-likeness (QED) is 0.459. The summed E-state index contributed by atoms with van der Waals surface area (Å²) in [4.78, 5) is 25.4. The number of carbonyl (C=O) groups excluding carboxylic acids is 2. The molecule has 0 saturated heterocycles. The smallest absolute Gasteiger partial charge is 0.280 e. The topological polar surface area (TPSA) is 80.2 Å². The second-order valence-corrected chi connectivity index (χ2v) is 7.99. The van der Waals surface area contributed by atoms with Crippen molar-refractivity contribution in [1.82, 2.24) is 0 Å². The molecule has 0 bridgehead atoms. The van der Waals surface area contributed by atoms with E-state index in [0.29, 0.717) is 35.1 Å². The molecule has 0 saturated carbocycles. The highest BCUT2D eigenvalue weighted by Gasteiger charge is 2.28. The minimum absolute atomic E-state index is 0.162. The zero-order valence-electron chi connectivity index (χ0n) is 19.9. The van der Waals surface area contributed by atoms with Gasteiger partial charge in [-0.05, 0) is 68.3 Å². The van der Waals surface area contributed by atoms with Crippen LogP contribution in [0.5, 0.6) is 11.5 Å². The minimum atomic E-state index is -0.266. The number of anilines is 2. The van der Waals surface area contributed by atoms with Gasteiger partial charge in [0.2, 0.25) is 0 Å². The first kappa shape index (κ1) is 23.8. The summed E-state index contributed by atoms with van der Waals surface area (Å²) in [6.45, 7) is 5.87. The average Bonchev–Trinajstić information content (AvgIpc) is 3.14. The third kappa shape index (κ3) is 5.58. The molecule has 4 rings (SSSR count). The predicted molar refractivity (Wildman–Crippen MR) is 138 cm³/mol. The van der Waals surface area contributed by atoms with Gasteiger partial charge in [-0.15, -0.1) is 0 Å². The lowest BCUT2D eigenvalue weighted by Crippen LogP contribution is -2.21. The number of nitrogens with zero attached hydrogens (tertiary/aromatic N) is 2. The van der Waals surface area contributed by atoms with Crippen LogP contribution in [-0.4, -0.2) is 30.7 Å². The van der Waals surface area contributed by atoms with Gasteiger partial charge >= 0.3 is 0 Å². The lowest BCUT2D eigenvalue weighted by atomic mass is 10.1. The molecular formula is C28H27N3O4. The highest BCUT2D eigenvalue weighted by atomic mass is 16.5. The van der Waals surface area contributed by atoms with Gasteiger partial charge in [0.1, 0.15) is 0 Å². The van der Waals surface area contributed by atoms with Crippen molar-refractivity contribution in [3.8, 4) is 11.5 Å². The number of aryl methyl sites for hydroxylation is 1. The number of rotatable bonds is 8. The molecule has 1 heterocycles. The summed E-state index contributed by atoms with van der Waals surface area (Å²) in [5, 5.41) is 8.66. The van der Waals surface area contributed by atoms with Gasteiger partial charge in [0.05, 0.1) is 23.6 Å². The fourth-order valence-electron chi connectivity index (χ4n) is 3.64. The van der Waals surface area contributed by atoms with Crippen molar-refractivity contribution in [3.05, 3.63) is 89.5 Å². The number of para-hydroxylation sites is 2. The number of hydrazone groups is 1. The molecule has 0 atom stereocenters. The predicted octanol–water partition coefficient (Wildman–Crippen LogP) is 5.22. The van der Waals surface area contributed by atoms with Crippen LogP contribution in [0.4, 0.5) is 11.4 Å². The number of benzene rings is 3. The van der Waals surface area contributed by atoms with Crippen molar-refractivity contribution in [1.29, 1.82) is 0 Å². The number of amides is 2. The number of carbonyl (C=O) groups is 2. The monoisotopic (exact) mass is 469 g/mol. The van der Waals surface area contributed by atoms with E-state index in [4.69, 9.17) is 9.47 Å². The van der Waals surface area contributed by atoms with Crippen LogP contribution in [0.15, 0.2) is 83.5 Å². The SMILES string of the molecule is CCOc1cc(C=C2C(=O)N(c3ccccc3)N=C2C)ccc1OCC(=O)Nc1ccccc1C. The van der Waals surface area contributed by atoms with Crippen LogP contribution in [0.25, 0.3) is 6.08 Å². The van der Waals surface area contributed by atoms with Crippen molar-refractivity contribution in [2.24, 2.45) is 5.10 Å². The summed E-state index contributed by atoms with van der Waals surface area (Å²) in [6.07, 6.45) is 1.78. The van der Waals surface area contributed by atoms with E-state index in [-0.39, 0.29) is 18.4 Å². The number of hydrogen-bond donors (Lipinski definition) is 1. The fourth-order valence-corrected chi connectivity index (χ4v) is 3.64. The van der Waals surface area contributed by atoms with Gasteiger partial charge in [0.15, 0.2) is 18.1 Å². The van der Waals surface area contributed by atoms with E-state index >= 15 is 0 Å². The second kappa shape index (κ2) is 10.7. The van der Waals surface area contributed by atoms with Crippen molar-refractivity contribution >= 4 is 35.0 Å². The Balaban J connectivity index is 1.49. The molecule has 0 unspecified atom stereocenters. The van der Waals surface area contributed by atoms with Gasteiger partial charge < -0.3 is 14.8 Å². The normalized spacial score (nSPS) is 14.1. The fraction of sp³-hybridized carbons (Fsp3) is 0.179. The summed E-state index contributed by atoms with van der Waals surface area (Å²) >= 11 is 0. The van der Waals surface area contributed by atoms with Crippen molar-refractivity contribution in [2.45, 2.75) is 20.8 Å². The third-order valence-corrected chi connectivity index (χ3v) is 5.42. The molecule has 1 N–H and O–H groups in total. The standard InChI is InChI=1S/C28H27N3O4/c1-4-34-26-17-21(16-23-20(3)30-31(28(23)33)22-11-6-5-7-12-22)14-15-25(26)35-18-27(32)29-24-13-9-8-10-19(24)2/h5-17H,4,18H2,1-3H3,(H,29,32). The van der Waals surface area contributed by atoms with E-state index in [2.05, 4.69) is 10.4 Å². The molecule has 0 aliphatic carbocycles. The van der Waals surface area contributed by atoms with E-state index < -0.39 is 0 Å². The summed E-state index contributed by atoms with van der Waals surface area (Å²) in [5.74, 6) is 0.477. The van der Waals surface area contributed by atoms with Gasteiger partial charge in [-0.2, -0.15) is 10.1 Å². The number of hydrogen-bond acceptors (Lipinski definition) is 5. The first-order valence-electron chi connectivity index (χ1n) is 11.4. The number of nitrogens with one attached hydrogen (secondary N) is 1. The van der Waals surface area contributed by atoms with E-state index in [0.717, 1.165) is 16.8 Å². The molecule has 1 aliphatic heterocycles. The summed E-state index contributed by atoms with van der Waals surface area (Å²) in [6, 6.07) is 22.2. The van der Waals surface area contributed by atoms with Gasteiger partial charge in [0.25, 0.3) is 11.8 Å². The molecule has 2 amide bonds. The van der Waals surface area contributed by atoms with E-state index in [9.17, 15) is 9.59 Å². The Morgan fingerprint density at radius 3 is 2.46 bits per heavy atom. The molecule has 3 aromatic rings. The lowest BCUT2D eigenvalue weighted by molar-refractivity contribution is -0.118. The molecular weight excluding hydrogens is 442 g/mol. The average molecular weight is 470 g/mol. The summed E-state index contributed by atoms with van der Waals surface area (Å²) < 4.78 is 11.5. The molecule has 0 aromatic heterocycles. The Hall–Kier alpha value is -4.39. The first-order chi connectivity index (χ1) is 17.0. The summed E-state index contributed by atoms with van der Waals surface area (Å²) in [5.41, 5.74) is 4.32. The van der Waals surface area contributed by atoms with Crippen LogP contribution in [0.1, 0.15) is 25.0 Å². The van der Waals surface area contributed by atoms with Crippen molar-refractivity contribution < 1.29 is 19.1 Å². The molecule has 178 valence electrons. The van der Waals surface area contributed by atoms with Crippen LogP contribution in [-0.2, 0) is 9.59 Å². The molecule has 3 aromatic carbocycles. The van der Waals surface area contributed by atoms with Crippen LogP contribution in [0, 0.1) is 6.92 Å². The number of ether oxygens (including phenoxy) is 2. The molecule has 7 heteroatoms. The van der Waals surface area contributed by atoms with Crippen molar-refractivity contribution in [3.63, 3.8) is 0 Å². The molecule has 0 fully saturated rings. The highest BCUT2D eigenvalue weighted by molar-refractivity contribution is 6.32. The maximum atomic E-state index is 13.0. The molecule has 7 nitrogen and oxygen atoms in total. The van der Waals surface area contributed by atoms with Crippen LogP contribution in [0.3, 0.4) is 0 Å². The molecule has 1 aliphatic rings. The van der Waals surface area contributed by atoms with Gasteiger partial charge in [-0.25, -0.2) is 0 Å². The lowest BCUT2D eigenvalue weighted by Gasteiger charge is -2.14.